The van der Waals surface area contributed by atoms with Gasteiger partial charge in [0.25, 0.3) is 0 Å². The van der Waals surface area contributed by atoms with Crippen LogP contribution in [-0.2, 0) is 25.6 Å². The second-order valence-corrected chi connectivity index (χ2v) is 12.3. The van der Waals surface area contributed by atoms with Crippen molar-refractivity contribution in [2.24, 2.45) is 17.8 Å². The zero-order chi connectivity index (χ0) is 32.3. The highest BCUT2D eigenvalue weighted by Crippen LogP contribution is 2.56. The Kier molecular flexibility index (Phi) is 7.12. The van der Waals surface area contributed by atoms with Crippen LogP contribution >= 0.6 is 0 Å². The lowest BCUT2D eigenvalue weighted by Crippen LogP contribution is -2.39. The molecule has 3 aliphatic carbocycles. The minimum Gasteiger partial charge on any atom is -0.507 e. The van der Waals surface area contributed by atoms with Crippen LogP contribution in [0.25, 0.3) is 0 Å². The molecule has 1 aliphatic heterocycles. The van der Waals surface area contributed by atoms with Gasteiger partial charge in [0.05, 0.1) is 17.5 Å². The van der Waals surface area contributed by atoms with Gasteiger partial charge in [0, 0.05) is 39.3 Å². The Balaban J connectivity index is 1.27. The van der Waals surface area contributed by atoms with Crippen molar-refractivity contribution in [1.82, 2.24) is 0 Å². The predicted octanol–water partition coefficient (Wildman–Crippen LogP) is 5.99. The van der Waals surface area contributed by atoms with E-state index in [1.165, 1.54) is 11.0 Å². The molecule has 3 aromatic carbocycles. The highest BCUT2D eigenvalue weighted by molar-refractivity contribution is 6.25. The van der Waals surface area contributed by atoms with E-state index in [4.69, 9.17) is 0 Å². The fraction of sp³-hybridized carbons (Fsp3) is 0.205. The van der Waals surface area contributed by atoms with Crippen molar-refractivity contribution in [3.8, 4) is 5.75 Å². The van der Waals surface area contributed by atoms with Crippen LogP contribution in [0.4, 0.5) is 5.69 Å². The molecule has 1 fully saturated rings. The van der Waals surface area contributed by atoms with Crippen molar-refractivity contribution < 1.29 is 29.1 Å². The van der Waals surface area contributed by atoms with Crippen molar-refractivity contribution in [3.05, 3.63) is 142 Å². The molecule has 46 heavy (non-hydrogen) atoms. The lowest BCUT2D eigenvalue weighted by Gasteiger charge is -2.42. The maximum Gasteiger partial charge on any atom is 0.238 e. The third-order valence-corrected chi connectivity index (χ3v) is 9.81. The number of aromatic hydroxyl groups is 1. The molecule has 228 valence electrons. The maximum absolute atomic E-state index is 14.2. The zero-order valence-electron chi connectivity index (χ0n) is 25.2. The van der Waals surface area contributed by atoms with Crippen LogP contribution in [0, 0.1) is 17.8 Å². The summed E-state index contributed by atoms with van der Waals surface area (Å²) >= 11 is 0. The van der Waals surface area contributed by atoms with E-state index < -0.39 is 23.7 Å². The molecule has 7 nitrogen and oxygen atoms in total. The van der Waals surface area contributed by atoms with Gasteiger partial charge in [0.15, 0.2) is 17.3 Å². The Morgan fingerprint density at radius 3 is 2.35 bits per heavy atom. The first-order chi connectivity index (χ1) is 22.2. The molecule has 4 atom stereocenters. The third-order valence-electron chi connectivity index (χ3n) is 9.81. The number of phenols is 1. The lowest BCUT2D eigenvalue weighted by molar-refractivity contribution is -0.123. The average Bonchev–Trinajstić information content (AvgIpc) is 3.33. The lowest BCUT2D eigenvalue weighted by atomic mass is 9.59. The SMILES string of the molecule is C=CCc1cccc([C@H]2C3=CC[C@@H]4C(=O)N(c5ccc(C(=O)c6ccccc6)cc5)C(=O)[C@@H]4[C@@H]3CC3=C2C(=O)C=C(C)C3=O)c1O. The summed E-state index contributed by atoms with van der Waals surface area (Å²) in [6.45, 7) is 5.39. The first-order valence-electron chi connectivity index (χ1n) is 15.4. The van der Waals surface area contributed by atoms with Gasteiger partial charge >= 0.3 is 0 Å². The maximum atomic E-state index is 14.2. The number of hydrogen-bond acceptors (Lipinski definition) is 6. The van der Waals surface area contributed by atoms with Crippen LogP contribution in [0.1, 0.15) is 52.7 Å². The van der Waals surface area contributed by atoms with Crippen LogP contribution in [-0.4, -0.2) is 34.3 Å². The summed E-state index contributed by atoms with van der Waals surface area (Å²) in [4.78, 5) is 69.3. The van der Waals surface area contributed by atoms with Gasteiger partial charge in [-0.1, -0.05) is 66.3 Å². The number of fused-ring (bicyclic) bond motifs is 3. The topological polar surface area (TPSA) is 109 Å². The number of para-hydroxylation sites is 1. The van der Waals surface area contributed by atoms with Gasteiger partial charge in [-0.05, 0) is 68.0 Å². The number of rotatable bonds is 6. The largest absolute Gasteiger partial charge is 0.507 e. The van der Waals surface area contributed by atoms with Crippen molar-refractivity contribution in [1.29, 1.82) is 0 Å². The number of ketones is 3. The number of hydrogen-bond donors (Lipinski definition) is 1. The van der Waals surface area contributed by atoms with Crippen LogP contribution in [0.2, 0.25) is 0 Å². The number of phenolic OH excluding ortho intramolecular Hbond substituents is 1. The monoisotopic (exact) mass is 609 g/mol. The van der Waals surface area contributed by atoms with Gasteiger partial charge in [-0.2, -0.15) is 0 Å². The number of Topliss-reactive ketones (excluding diaryl/α,β-unsaturated/α-hetero) is 1. The highest BCUT2D eigenvalue weighted by atomic mass is 16.3. The summed E-state index contributed by atoms with van der Waals surface area (Å²) in [5.41, 5.74) is 4.24. The summed E-state index contributed by atoms with van der Waals surface area (Å²) in [5.74, 6) is -4.03. The van der Waals surface area contributed by atoms with E-state index in [-0.39, 0.29) is 47.8 Å². The van der Waals surface area contributed by atoms with Crippen LogP contribution < -0.4 is 4.90 Å². The van der Waals surface area contributed by atoms with E-state index in [0.29, 0.717) is 51.1 Å². The second kappa shape index (κ2) is 11.2. The van der Waals surface area contributed by atoms with Gasteiger partial charge < -0.3 is 5.11 Å². The van der Waals surface area contributed by atoms with Gasteiger partial charge in [-0.15, -0.1) is 6.58 Å². The molecule has 0 unspecified atom stereocenters. The fourth-order valence-electron chi connectivity index (χ4n) is 7.67. The van der Waals surface area contributed by atoms with Crippen molar-refractivity contribution in [3.63, 3.8) is 0 Å². The first kappa shape index (κ1) is 29.3. The van der Waals surface area contributed by atoms with E-state index >= 15 is 0 Å². The third kappa shape index (κ3) is 4.45. The number of nitrogens with zero attached hydrogens (tertiary/aromatic N) is 1. The van der Waals surface area contributed by atoms with E-state index in [1.54, 1.807) is 79.7 Å². The van der Waals surface area contributed by atoms with E-state index in [0.717, 1.165) is 5.57 Å². The molecule has 7 rings (SSSR count). The number of carbonyl (C=O) groups is 5. The van der Waals surface area contributed by atoms with E-state index in [1.807, 2.05) is 12.1 Å². The van der Waals surface area contributed by atoms with Gasteiger partial charge in [0.1, 0.15) is 5.75 Å². The number of allylic oxidation sites excluding steroid dienone is 7. The molecule has 7 heteroatoms. The zero-order valence-corrected chi connectivity index (χ0v) is 25.2. The van der Waals surface area contributed by atoms with Crippen molar-refractivity contribution in [2.75, 3.05) is 4.90 Å². The summed E-state index contributed by atoms with van der Waals surface area (Å²) in [6, 6.07) is 20.7. The molecule has 0 bridgehead atoms. The van der Waals surface area contributed by atoms with E-state index in [9.17, 15) is 29.1 Å². The van der Waals surface area contributed by atoms with Crippen molar-refractivity contribution in [2.45, 2.75) is 32.1 Å². The summed E-state index contributed by atoms with van der Waals surface area (Å²) in [5, 5.41) is 11.4. The number of anilines is 1. The highest BCUT2D eigenvalue weighted by Gasteiger charge is 2.56. The molecule has 4 aliphatic rings. The molecule has 0 radical (unpaired) electrons. The van der Waals surface area contributed by atoms with Crippen LogP contribution in [0.5, 0.6) is 5.75 Å². The number of imide groups is 1. The minimum absolute atomic E-state index is 0.0232. The van der Waals surface area contributed by atoms with Gasteiger partial charge in [-0.25, -0.2) is 0 Å². The first-order valence-corrected chi connectivity index (χ1v) is 15.4. The summed E-state index contributed by atoms with van der Waals surface area (Å²) in [7, 11) is 0. The Morgan fingerprint density at radius 2 is 1.63 bits per heavy atom. The molecule has 1 heterocycles. The Hall–Kier alpha value is -5.43. The van der Waals surface area contributed by atoms with Crippen LogP contribution in [0.3, 0.4) is 0 Å². The Labute approximate surface area is 266 Å². The quantitative estimate of drug-likeness (QED) is 0.159. The molecule has 0 saturated carbocycles. The molecule has 0 spiro atoms. The van der Waals surface area contributed by atoms with Gasteiger partial charge in [-0.3, -0.25) is 28.9 Å². The van der Waals surface area contributed by atoms with Crippen LogP contribution in [0.15, 0.2) is 120 Å². The molecule has 1 N–H and O–H groups in total. The number of carbonyl (C=O) groups excluding carboxylic acids is 5. The van der Waals surface area contributed by atoms with E-state index in [2.05, 4.69) is 6.58 Å². The fourth-order valence-corrected chi connectivity index (χ4v) is 7.67. The minimum atomic E-state index is -0.748. The Morgan fingerprint density at radius 1 is 0.913 bits per heavy atom. The normalized spacial score (nSPS) is 23.8. The smallest absolute Gasteiger partial charge is 0.238 e. The molecular formula is C39H31NO6. The standard InChI is InChI=1S/C39H31NO6/c1-3-8-22-11-7-12-27(37(22)44)32-26-17-18-28-33(29(26)20-30-34(32)31(41)19-21(2)35(30)42)39(46)40(38(28)45)25-15-13-24(14-16-25)36(43)23-9-5-4-6-10-23/h3-7,9-17,19,28-29,32-33,44H,1,8,18,20H2,2H3/t28-,29+,32+,33-/m0/s1. The van der Waals surface area contributed by atoms with Gasteiger partial charge in [0.2, 0.25) is 11.8 Å². The second-order valence-electron chi connectivity index (χ2n) is 12.3. The molecular weight excluding hydrogens is 578 g/mol. The molecule has 1 saturated heterocycles. The molecule has 3 aromatic rings. The number of benzene rings is 3. The summed E-state index contributed by atoms with van der Waals surface area (Å²) < 4.78 is 0. The summed E-state index contributed by atoms with van der Waals surface area (Å²) in [6.07, 6.45) is 5.81. The van der Waals surface area contributed by atoms with Crippen molar-refractivity contribution >= 4 is 34.9 Å². The Bertz CT molecular complexity index is 1960. The average molecular weight is 610 g/mol. The molecule has 0 aromatic heterocycles. The predicted molar refractivity (Wildman–Crippen MR) is 172 cm³/mol. The molecule has 2 amide bonds. The number of amides is 2.